The van der Waals surface area contributed by atoms with Crippen LogP contribution >= 0.6 is 0 Å². The molecule has 12 rings (SSSR count). The standard InChI is InChI=1S/C52H31N5O/c1-2-13-39-33(10-1)22-25-36-28-37(26-27-40(36)39)51-54-50(55-52(56-51)45-30-44-43-16-5-8-19-48(43)58-49(44)31-53-45)34-23-20-32(21-24-34)35-11-9-12-38(29-35)57-46-17-6-3-14-41(46)42-15-4-7-18-47(42)57/h1-31H. The van der Waals surface area contributed by atoms with E-state index in [9.17, 15) is 0 Å². The number of para-hydroxylation sites is 3. The van der Waals surface area contributed by atoms with E-state index >= 15 is 0 Å². The van der Waals surface area contributed by atoms with Gasteiger partial charge in [0.2, 0.25) is 0 Å². The normalized spacial score (nSPS) is 11.8. The molecule has 4 aromatic heterocycles. The van der Waals surface area contributed by atoms with Gasteiger partial charge >= 0.3 is 0 Å². The molecule has 0 unspecified atom stereocenters. The van der Waals surface area contributed by atoms with Gasteiger partial charge in [-0.05, 0) is 75.1 Å². The lowest BCUT2D eigenvalue weighted by Gasteiger charge is -2.11. The predicted molar refractivity (Wildman–Crippen MR) is 236 cm³/mol. The van der Waals surface area contributed by atoms with Crippen LogP contribution in [0.3, 0.4) is 0 Å². The first kappa shape index (κ1) is 32.3. The van der Waals surface area contributed by atoms with Gasteiger partial charge in [-0.2, -0.15) is 0 Å². The van der Waals surface area contributed by atoms with Gasteiger partial charge in [0.25, 0.3) is 0 Å². The van der Waals surface area contributed by atoms with Crippen LogP contribution in [0.25, 0.3) is 116 Å². The summed E-state index contributed by atoms with van der Waals surface area (Å²) in [6, 6.07) is 63.7. The highest BCUT2D eigenvalue weighted by Crippen LogP contribution is 2.36. The van der Waals surface area contributed by atoms with Crippen LogP contribution in [0.5, 0.6) is 0 Å². The predicted octanol–water partition coefficient (Wildman–Crippen LogP) is 13.2. The highest BCUT2D eigenvalue weighted by molar-refractivity contribution is 6.10. The van der Waals surface area contributed by atoms with Gasteiger partial charge in [0, 0.05) is 38.4 Å². The highest BCUT2D eigenvalue weighted by Gasteiger charge is 2.17. The van der Waals surface area contributed by atoms with E-state index in [4.69, 9.17) is 24.4 Å². The van der Waals surface area contributed by atoms with E-state index in [2.05, 4.69) is 162 Å². The Balaban J connectivity index is 0.972. The second-order valence-electron chi connectivity index (χ2n) is 14.7. The van der Waals surface area contributed by atoms with E-state index < -0.39 is 0 Å². The van der Waals surface area contributed by atoms with E-state index in [0.29, 0.717) is 23.2 Å². The van der Waals surface area contributed by atoms with Crippen molar-refractivity contribution in [2.75, 3.05) is 0 Å². The summed E-state index contributed by atoms with van der Waals surface area (Å²) in [5.74, 6) is 1.65. The van der Waals surface area contributed by atoms with Crippen molar-refractivity contribution in [2.45, 2.75) is 0 Å². The van der Waals surface area contributed by atoms with Crippen molar-refractivity contribution >= 4 is 65.3 Å². The minimum atomic E-state index is 0.494. The van der Waals surface area contributed by atoms with Crippen molar-refractivity contribution in [3.63, 3.8) is 0 Å². The van der Waals surface area contributed by atoms with Gasteiger partial charge in [0.15, 0.2) is 23.1 Å². The summed E-state index contributed by atoms with van der Waals surface area (Å²) in [7, 11) is 0. The molecule has 0 atom stereocenters. The second kappa shape index (κ2) is 12.8. The van der Waals surface area contributed by atoms with Gasteiger partial charge in [-0.1, -0.05) is 140 Å². The molecule has 0 radical (unpaired) electrons. The third-order valence-electron chi connectivity index (χ3n) is 11.3. The Bertz CT molecular complexity index is 3530. The summed E-state index contributed by atoms with van der Waals surface area (Å²) in [4.78, 5) is 20.0. The molecule has 12 aromatic rings. The highest BCUT2D eigenvalue weighted by atomic mass is 16.3. The fraction of sp³-hybridized carbons (Fsp3) is 0. The lowest BCUT2D eigenvalue weighted by molar-refractivity contribution is 0.667. The van der Waals surface area contributed by atoms with Crippen LogP contribution in [0.4, 0.5) is 0 Å². The van der Waals surface area contributed by atoms with Gasteiger partial charge in [-0.15, -0.1) is 0 Å². The number of rotatable bonds is 5. The fourth-order valence-corrected chi connectivity index (χ4v) is 8.49. The molecule has 270 valence electrons. The molecule has 8 aromatic carbocycles. The molecule has 0 aliphatic carbocycles. The van der Waals surface area contributed by atoms with Crippen molar-refractivity contribution in [2.24, 2.45) is 0 Å². The van der Waals surface area contributed by atoms with Gasteiger partial charge < -0.3 is 8.98 Å². The number of nitrogens with zero attached hydrogens (tertiary/aromatic N) is 5. The summed E-state index contributed by atoms with van der Waals surface area (Å²) in [6.45, 7) is 0. The summed E-state index contributed by atoms with van der Waals surface area (Å²) in [6.07, 6.45) is 1.76. The Morgan fingerprint density at radius 2 is 0.983 bits per heavy atom. The first-order chi connectivity index (χ1) is 28.7. The molecule has 0 saturated carbocycles. The van der Waals surface area contributed by atoms with Crippen molar-refractivity contribution in [1.29, 1.82) is 0 Å². The molecule has 0 N–H and O–H groups in total. The quantitative estimate of drug-likeness (QED) is 0.164. The number of hydrogen-bond donors (Lipinski definition) is 0. The summed E-state index contributed by atoms with van der Waals surface area (Å²) in [5.41, 5.74) is 9.68. The number of furan rings is 1. The number of pyridine rings is 1. The van der Waals surface area contributed by atoms with Crippen molar-refractivity contribution in [1.82, 2.24) is 24.5 Å². The Labute approximate surface area is 332 Å². The minimum absolute atomic E-state index is 0.494. The average molecular weight is 742 g/mol. The zero-order valence-corrected chi connectivity index (χ0v) is 31.0. The van der Waals surface area contributed by atoms with Gasteiger partial charge in [-0.25, -0.2) is 19.9 Å². The number of aromatic nitrogens is 5. The van der Waals surface area contributed by atoms with Crippen LogP contribution in [0.15, 0.2) is 193 Å². The van der Waals surface area contributed by atoms with E-state index in [1.165, 1.54) is 38.0 Å². The molecule has 0 fully saturated rings. The van der Waals surface area contributed by atoms with Gasteiger partial charge in [0.1, 0.15) is 11.3 Å². The van der Waals surface area contributed by atoms with Crippen LogP contribution in [-0.4, -0.2) is 24.5 Å². The van der Waals surface area contributed by atoms with Crippen molar-refractivity contribution < 1.29 is 4.42 Å². The maximum Gasteiger partial charge on any atom is 0.182 e. The van der Waals surface area contributed by atoms with Crippen molar-refractivity contribution in [3.05, 3.63) is 188 Å². The van der Waals surface area contributed by atoms with E-state index in [1.54, 1.807) is 6.20 Å². The molecule has 0 aliphatic heterocycles. The number of hydrogen-bond acceptors (Lipinski definition) is 5. The Kier molecular flexibility index (Phi) is 7.13. The zero-order valence-electron chi connectivity index (χ0n) is 31.0. The third kappa shape index (κ3) is 5.20. The summed E-state index contributed by atoms with van der Waals surface area (Å²) >= 11 is 0. The smallest absolute Gasteiger partial charge is 0.182 e. The Hall–Kier alpha value is -7.96. The SMILES string of the molecule is c1cc(-c2ccc(-c3nc(-c4ccc5c(ccc6ccccc65)c4)nc(-c4cc5c(cn4)oc4ccccc45)n3)cc2)cc(-n2c3ccccc3c3ccccc32)c1. The minimum Gasteiger partial charge on any atom is -0.454 e. The molecule has 6 nitrogen and oxygen atoms in total. The lowest BCUT2D eigenvalue weighted by Crippen LogP contribution is -2.01. The largest absolute Gasteiger partial charge is 0.454 e. The van der Waals surface area contributed by atoms with Gasteiger partial charge in [-0.3, -0.25) is 0 Å². The molecule has 6 heteroatoms. The fourth-order valence-electron chi connectivity index (χ4n) is 8.49. The molecule has 0 spiro atoms. The molecule has 0 aliphatic rings. The molecule has 4 heterocycles. The summed E-state index contributed by atoms with van der Waals surface area (Å²) in [5, 5.41) is 9.22. The van der Waals surface area contributed by atoms with E-state index in [-0.39, 0.29) is 0 Å². The molecule has 0 bridgehead atoms. The summed E-state index contributed by atoms with van der Waals surface area (Å²) < 4.78 is 8.45. The van der Waals surface area contributed by atoms with Crippen LogP contribution in [0.2, 0.25) is 0 Å². The van der Waals surface area contributed by atoms with Crippen molar-refractivity contribution in [3.8, 4) is 51.1 Å². The topological polar surface area (TPSA) is 69.6 Å². The molecule has 0 amide bonds. The number of benzene rings is 8. The zero-order chi connectivity index (χ0) is 38.2. The molecule has 58 heavy (non-hydrogen) atoms. The first-order valence-corrected chi connectivity index (χ1v) is 19.4. The van der Waals surface area contributed by atoms with Crippen LogP contribution < -0.4 is 0 Å². The Morgan fingerprint density at radius 1 is 0.362 bits per heavy atom. The maximum absolute atomic E-state index is 6.10. The molecular formula is C52H31N5O. The lowest BCUT2D eigenvalue weighted by atomic mass is 10.00. The maximum atomic E-state index is 6.10. The van der Waals surface area contributed by atoms with Gasteiger partial charge in [0.05, 0.1) is 17.2 Å². The first-order valence-electron chi connectivity index (χ1n) is 19.4. The monoisotopic (exact) mass is 741 g/mol. The second-order valence-corrected chi connectivity index (χ2v) is 14.7. The number of fused-ring (bicyclic) bond motifs is 9. The molecule has 0 saturated heterocycles. The van der Waals surface area contributed by atoms with E-state index in [1.807, 2.05) is 24.3 Å². The van der Waals surface area contributed by atoms with Crippen LogP contribution in [-0.2, 0) is 0 Å². The molecular weight excluding hydrogens is 711 g/mol. The van der Waals surface area contributed by atoms with Crippen LogP contribution in [0, 0.1) is 0 Å². The van der Waals surface area contributed by atoms with E-state index in [0.717, 1.165) is 55.3 Å². The van der Waals surface area contributed by atoms with Crippen LogP contribution in [0.1, 0.15) is 0 Å². The third-order valence-corrected chi connectivity index (χ3v) is 11.3. The average Bonchev–Trinajstić information content (AvgIpc) is 3.84. The Morgan fingerprint density at radius 3 is 1.79 bits per heavy atom.